The van der Waals surface area contributed by atoms with Crippen LogP contribution in [0.4, 0.5) is 8.78 Å². The molecule has 2 N–H and O–H groups in total. The second-order valence-corrected chi connectivity index (χ2v) is 11.2. The lowest BCUT2D eigenvalue weighted by atomic mass is 9.44. The number of Topliss-reactive ketones (excluding diaryl/α,β-unsaturated/α-hetero) is 1. The summed E-state index contributed by atoms with van der Waals surface area (Å²) >= 11 is 0. The number of alkyl halides is 2. The minimum absolute atomic E-state index is 0.0135. The highest BCUT2D eigenvalue weighted by atomic mass is 19.1. The van der Waals surface area contributed by atoms with Gasteiger partial charge < -0.3 is 19.9 Å². The molecular formula is C26H35F2NO5. The van der Waals surface area contributed by atoms with Crippen molar-refractivity contribution < 1.29 is 33.0 Å². The second-order valence-electron chi connectivity index (χ2n) is 11.2. The lowest BCUT2D eigenvalue weighted by Gasteiger charge is -2.63. The van der Waals surface area contributed by atoms with Crippen LogP contribution in [0.15, 0.2) is 23.8 Å². The SMILES string of the molecule is CCC[C@@H]1O[C@@H]2C[C@H]3[C@@H]4C[C@H](F)C5=CC(=O)C=C[C@]5(C)[C@@]4(F)[C@@H](O)C[C@]3(C)[C@]2(C(=O)CNC)O1. The number of aliphatic hydroxyl groups excluding tert-OH is 1. The van der Waals surface area contributed by atoms with Crippen molar-refractivity contribution in [3.63, 3.8) is 0 Å². The van der Waals surface area contributed by atoms with E-state index in [9.17, 15) is 14.7 Å². The first-order chi connectivity index (χ1) is 16.0. The van der Waals surface area contributed by atoms with E-state index in [4.69, 9.17) is 9.47 Å². The Morgan fingerprint density at radius 1 is 1.29 bits per heavy atom. The zero-order valence-corrected chi connectivity index (χ0v) is 20.3. The average Bonchev–Trinajstić information content (AvgIpc) is 3.25. The van der Waals surface area contributed by atoms with Crippen molar-refractivity contribution >= 4 is 11.6 Å². The summed E-state index contributed by atoms with van der Waals surface area (Å²) in [5.74, 6) is -1.84. The van der Waals surface area contributed by atoms with Crippen LogP contribution in [0.5, 0.6) is 0 Å². The zero-order chi connectivity index (χ0) is 24.7. The summed E-state index contributed by atoms with van der Waals surface area (Å²) in [5.41, 5.74) is -5.80. The van der Waals surface area contributed by atoms with E-state index in [0.717, 1.165) is 6.42 Å². The van der Waals surface area contributed by atoms with Gasteiger partial charge >= 0.3 is 0 Å². The van der Waals surface area contributed by atoms with Gasteiger partial charge in [-0.3, -0.25) is 9.59 Å². The Bertz CT molecular complexity index is 969. The molecule has 0 aromatic carbocycles. The molecule has 5 rings (SSSR count). The number of hydrogen-bond donors (Lipinski definition) is 2. The van der Waals surface area contributed by atoms with Crippen molar-refractivity contribution in [3.05, 3.63) is 23.8 Å². The van der Waals surface area contributed by atoms with Crippen molar-refractivity contribution in [2.45, 2.75) is 88.8 Å². The molecule has 0 aromatic heterocycles. The summed E-state index contributed by atoms with van der Waals surface area (Å²) in [6.45, 7) is 5.53. The van der Waals surface area contributed by atoms with Gasteiger partial charge in [0.15, 0.2) is 29.1 Å². The molecule has 1 heterocycles. The maximum Gasteiger partial charge on any atom is 0.181 e. The zero-order valence-electron chi connectivity index (χ0n) is 20.3. The third-order valence-electron chi connectivity index (χ3n) is 9.70. The van der Waals surface area contributed by atoms with Crippen LogP contribution in [-0.4, -0.2) is 66.2 Å². The molecule has 0 bridgehead atoms. The normalized spacial score (nSPS) is 51.4. The van der Waals surface area contributed by atoms with Gasteiger partial charge in [0.2, 0.25) is 0 Å². The number of hydrogen-bond acceptors (Lipinski definition) is 6. The molecule has 0 aromatic rings. The standard InChI is InChI=1S/C26H35F2NO5/c1-5-6-22-33-21-11-15-16-10-18(27)17-9-14(30)7-8-23(17,2)25(16,28)19(31)12-24(15,3)26(21,34-22)20(32)13-29-4/h7-9,15-16,18-19,21-22,29,31H,5-6,10-13H2,1-4H3/t15-,16-,18-,19-,21+,22+,23-,24-,25-,26+/m0/s1. The molecule has 34 heavy (non-hydrogen) atoms. The van der Waals surface area contributed by atoms with Crippen LogP contribution in [0.1, 0.15) is 52.9 Å². The topological polar surface area (TPSA) is 84.9 Å². The number of allylic oxidation sites excluding steroid dienone is 4. The van der Waals surface area contributed by atoms with E-state index in [-0.39, 0.29) is 36.5 Å². The molecule has 4 fully saturated rings. The van der Waals surface area contributed by atoms with Gasteiger partial charge in [0.25, 0.3) is 0 Å². The van der Waals surface area contributed by atoms with Gasteiger partial charge in [-0.25, -0.2) is 8.78 Å². The van der Waals surface area contributed by atoms with Crippen LogP contribution >= 0.6 is 0 Å². The fourth-order valence-corrected chi connectivity index (χ4v) is 8.18. The largest absolute Gasteiger partial charge is 0.390 e. The first kappa shape index (κ1) is 24.2. The van der Waals surface area contributed by atoms with E-state index < -0.39 is 58.6 Å². The smallest absolute Gasteiger partial charge is 0.181 e. The maximum absolute atomic E-state index is 17.3. The molecule has 10 atom stereocenters. The highest BCUT2D eigenvalue weighted by Crippen LogP contribution is 2.72. The summed E-state index contributed by atoms with van der Waals surface area (Å²) in [6.07, 6.45) is 1.41. The van der Waals surface area contributed by atoms with Crippen molar-refractivity contribution in [3.8, 4) is 0 Å². The lowest BCUT2D eigenvalue weighted by Crippen LogP contribution is -2.71. The molecule has 1 aliphatic heterocycles. The van der Waals surface area contributed by atoms with Crippen molar-refractivity contribution in [2.75, 3.05) is 13.6 Å². The second kappa shape index (κ2) is 7.76. The predicted molar refractivity (Wildman–Crippen MR) is 120 cm³/mol. The number of halogens is 2. The van der Waals surface area contributed by atoms with Gasteiger partial charge in [-0.05, 0) is 63.3 Å². The molecule has 188 valence electrons. The molecule has 5 aliphatic rings. The number of carbonyl (C=O) groups excluding carboxylic acids is 2. The van der Waals surface area contributed by atoms with E-state index in [2.05, 4.69) is 5.32 Å². The van der Waals surface area contributed by atoms with Crippen molar-refractivity contribution in [1.82, 2.24) is 5.32 Å². The number of rotatable bonds is 5. The quantitative estimate of drug-likeness (QED) is 0.631. The minimum Gasteiger partial charge on any atom is -0.390 e. The van der Waals surface area contributed by atoms with Gasteiger partial charge in [0.1, 0.15) is 6.17 Å². The number of likely N-dealkylation sites (N-methyl/N-ethyl adjacent to an activating group) is 1. The molecular weight excluding hydrogens is 444 g/mol. The summed E-state index contributed by atoms with van der Waals surface area (Å²) < 4.78 is 45.5. The maximum atomic E-state index is 17.3. The molecule has 3 saturated carbocycles. The van der Waals surface area contributed by atoms with Gasteiger partial charge in [-0.2, -0.15) is 0 Å². The molecule has 4 aliphatic carbocycles. The fraction of sp³-hybridized carbons (Fsp3) is 0.769. The van der Waals surface area contributed by atoms with Crippen LogP contribution in [-0.2, 0) is 19.1 Å². The first-order valence-corrected chi connectivity index (χ1v) is 12.5. The molecule has 1 saturated heterocycles. The number of aliphatic hydroxyl groups is 1. The van der Waals surface area contributed by atoms with Crippen LogP contribution in [0.25, 0.3) is 0 Å². The Kier molecular flexibility index (Phi) is 5.53. The molecule has 0 radical (unpaired) electrons. The van der Waals surface area contributed by atoms with Gasteiger partial charge in [0.05, 0.1) is 18.8 Å². The van der Waals surface area contributed by atoms with E-state index in [1.54, 1.807) is 14.0 Å². The Morgan fingerprint density at radius 3 is 2.71 bits per heavy atom. The number of ketones is 2. The van der Waals surface area contributed by atoms with Crippen molar-refractivity contribution in [2.24, 2.45) is 22.7 Å². The van der Waals surface area contributed by atoms with Gasteiger partial charge in [-0.1, -0.05) is 26.3 Å². The third-order valence-corrected chi connectivity index (χ3v) is 9.70. The monoisotopic (exact) mass is 479 g/mol. The van der Waals surface area contributed by atoms with E-state index in [1.807, 2.05) is 13.8 Å². The minimum atomic E-state index is -2.18. The van der Waals surface area contributed by atoms with Crippen LogP contribution < -0.4 is 5.32 Å². The van der Waals surface area contributed by atoms with E-state index >= 15 is 8.78 Å². The number of carbonyl (C=O) groups is 2. The highest BCUT2D eigenvalue weighted by Gasteiger charge is 2.79. The Morgan fingerprint density at radius 2 is 2.03 bits per heavy atom. The van der Waals surface area contributed by atoms with Gasteiger partial charge in [-0.15, -0.1) is 0 Å². The van der Waals surface area contributed by atoms with E-state index in [0.29, 0.717) is 12.8 Å². The molecule has 0 amide bonds. The number of fused-ring (bicyclic) bond motifs is 7. The Hall–Kier alpha value is -1.48. The highest BCUT2D eigenvalue weighted by molar-refractivity contribution is 6.01. The number of ether oxygens (including phenoxy) is 2. The van der Waals surface area contributed by atoms with Crippen molar-refractivity contribution in [1.29, 1.82) is 0 Å². The summed E-state index contributed by atoms with van der Waals surface area (Å²) in [6, 6.07) is 0. The van der Waals surface area contributed by atoms with Crippen LogP contribution in [0.3, 0.4) is 0 Å². The lowest BCUT2D eigenvalue weighted by molar-refractivity contribution is -0.233. The fourth-order valence-electron chi connectivity index (χ4n) is 8.18. The molecule has 0 unspecified atom stereocenters. The van der Waals surface area contributed by atoms with Gasteiger partial charge in [0, 0.05) is 16.7 Å². The molecule has 0 spiro atoms. The average molecular weight is 480 g/mol. The van der Waals surface area contributed by atoms with E-state index in [1.165, 1.54) is 18.2 Å². The van der Waals surface area contributed by atoms with Crippen LogP contribution in [0.2, 0.25) is 0 Å². The number of nitrogens with one attached hydrogen (secondary N) is 1. The first-order valence-electron chi connectivity index (χ1n) is 12.5. The summed E-state index contributed by atoms with van der Waals surface area (Å²) in [5, 5.41) is 14.4. The summed E-state index contributed by atoms with van der Waals surface area (Å²) in [4.78, 5) is 25.6. The predicted octanol–water partition coefficient (Wildman–Crippen LogP) is 2.98. The Labute approximate surface area is 199 Å². The molecule has 8 heteroatoms. The van der Waals surface area contributed by atoms with Crippen LogP contribution in [0, 0.1) is 22.7 Å². The Balaban J connectivity index is 1.61. The summed E-state index contributed by atoms with van der Waals surface area (Å²) in [7, 11) is 1.68. The molecule has 6 nitrogen and oxygen atoms in total. The third kappa shape index (κ3) is 2.74.